The van der Waals surface area contributed by atoms with E-state index in [0.717, 1.165) is 6.26 Å². The molecule has 0 fully saturated rings. The van der Waals surface area contributed by atoms with E-state index >= 15 is 0 Å². The second-order valence-corrected chi connectivity index (χ2v) is 5.81. The summed E-state index contributed by atoms with van der Waals surface area (Å²) in [6.07, 6.45) is 1.11. The molecule has 0 unspecified atom stereocenters. The minimum Gasteiger partial charge on any atom is -0.386 e. The third-order valence-corrected chi connectivity index (χ3v) is 3.44. The third-order valence-electron chi connectivity index (χ3n) is 1.75. The van der Waals surface area contributed by atoms with E-state index in [-0.39, 0.29) is 21.6 Å². The summed E-state index contributed by atoms with van der Waals surface area (Å²) in [6, 6.07) is 4.23. The minimum absolute atomic E-state index is 0.0875. The molecule has 7 heteroatoms. The maximum absolute atomic E-state index is 11.2. The fourth-order valence-corrected chi connectivity index (χ4v) is 1.99. The van der Waals surface area contributed by atoms with Gasteiger partial charge in [-0.15, -0.1) is 11.6 Å². The number of aliphatic imine (C=N–C) groups is 1. The smallest absolute Gasteiger partial charge is 0.175 e. The zero-order valence-corrected chi connectivity index (χ0v) is 10.8. The molecule has 16 heavy (non-hydrogen) atoms. The van der Waals surface area contributed by atoms with Crippen molar-refractivity contribution in [1.82, 2.24) is 0 Å². The molecule has 0 aliphatic carbocycles. The van der Waals surface area contributed by atoms with Crippen molar-refractivity contribution in [3.05, 3.63) is 23.2 Å². The number of halogens is 2. The largest absolute Gasteiger partial charge is 0.386 e. The maximum Gasteiger partial charge on any atom is 0.175 e. The van der Waals surface area contributed by atoms with Crippen molar-refractivity contribution in [2.45, 2.75) is 4.90 Å². The molecule has 0 amide bonds. The molecule has 1 aromatic rings. The first-order valence-corrected chi connectivity index (χ1v) is 7.03. The molecule has 1 rings (SSSR count). The molecule has 0 aliphatic heterocycles. The summed E-state index contributed by atoms with van der Waals surface area (Å²) in [7, 11) is -3.27. The molecule has 4 nitrogen and oxygen atoms in total. The monoisotopic (exact) mass is 280 g/mol. The lowest BCUT2D eigenvalue weighted by atomic mass is 10.3. The maximum atomic E-state index is 11.2. The highest BCUT2D eigenvalue weighted by atomic mass is 35.5. The zero-order valence-electron chi connectivity index (χ0n) is 8.44. The summed E-state index contributed by atoms with van der Waals surface area (Å²) in [5, 5.41) is 0.219. The van der Waals surface area contributed by atoms with Gasteiger partial charge in [0, 0.05) is 6.26 Å². The zero-order chi connectivity index (χ0) is 12.3. The average molecular weight is 281 g/mol. The number of hydrogen-bond donors (Lipinski definition) is 1. The van der Waals surface area contributed by atoms with Crippen molar-refractivity contribution < 1.29 is 8.42 Å². The Morgan fingerprint density at radius 2 is 2.12 bits per heavy atom. The molecule has 0 spiro atoms. The molecule has 0 bridgehead atoms. The molecule has 0 atom stereocenters. The van der Waals surface area contributed by atoms with E-state index in [1.165, 1.54) is 18.2 Å². The molecule has 0 aromatic heterocycles. The van der Waals surface area contributed by atoms with Crippen molar-refractivity contribution in [3.8, 4) is 0 Å². The quantitative estimate of drug-likeness (QED) is 0.523. The standard InChI is InChI=1S/C9H10Cl2N2O2S/c1-16(14,15)6-2-3-8(7(11)4-6)13-9(12)5-10/h2-4H,5H2,1H3,(H2,12,13). The lowest BCUT2D eigenvalue weighted by molar-refractivity contribution is 0.602. The van der Waals surface area contributed by atoms with Gasteiger partial charge in [0.2, 0.25) is 0 Å². The van der Waals surface area contributed by atoms with Gasteiger partial charge in [0.25, 0.3) is 0 Å². The summed E-state index contributed by atoms with van der Waals surface area (Å²) < 4.78 is 22.5. The number of nitrogens with zero attached hydrogens (tertiary/aromatic N) is 1. The molecule has 0 saturated heterocycles. The van der Waals surface area contributed by atoms with Crippen LogP contribution in [0.3, 0.4) is 0 Å². The highest BCUT2D eigenvalue weighted by Crippen LogP contribution is 2.27. The number of hydrogen-bond acceptors (Lipinski definition) is 3. The summed E-state index contributed by atoms with van der Waals surface area (Å²) in [4.78, 5) is 4.08. The molecule has 0 aliphatic rings. The van der Waals surface area contributed by atoms with Gasteiger partial charge in [0.1, 0.15) is 5.84 Å². The van der Waals surface area contributed by atoms with Gasteiger partial charge in [-0.2, -0.15) is 0 Å². The Morgan fingerprint density at radius 1 is 1.50 bits per heavy atom. The van der Waals surface area contributed by atoms with Gasteiger partial charge in [-0.05, 0) is 18.2 Å². The molecule has 0 radical (unpaired) electrons. The number of sulfone groups is 1. The highest BCUT2D eigenvalue weighted by Gasteiger charge is 2.09. The van der Waals surface area contributed by atoms with Crippen molar-refractivity contribution in [3.63, 3.8) is 0 Å². The number of rotatable bonds is 3. The Kier molecular flexibility index (Phi) is 4.18. The Labute approximate surface area is 104 Å². The van der Waals surface area contributed by atoms with Crippen molar-refractivity contribution >= 4 is 44.6 Å². The topological polar surface area (TPSA) is 72.5 Å². The van der Waals surface area contributed by atoms with Gasteiger partial charge in [0.15, 0.2) is 9.84 Å². The first kappa shape index (κ1) is 13.3. The van der Waals surface area contributed by atoms with Crippen molar-refractivity contribution in [2.75, 3.05) is 12.1 Å². The molecule has 0 saturated carbocycles. The highest BCUT2D eigenvalue weighted by molar-refractivity contribution is 7.90. The average Bonchev–Trinajstić information content (AvgIpc) is 2.19. The summed E-state index contributed by atoms with van der Waals surface area (Å²) in [6.45, 7) is 0. The van der Waals surface area contributed by atoms with Crippen molar-refractivity contribution in [1.29, 1.82) is 0 Å². The van der Waals surface area contributed by atoms with Crippen LogP contribution in [0.5, 0.6) is 0 Å². The molecule has 88 valence electrons. The Bertz CT molecular complexity index is 526. The molecule has 2 N–H and O–H groups in total. The van der Waals surface area contributed by atoms with Crippen molar-refractivity contribution in [2.24, 2.45) is 10.7 Å². The van der Waals surface area contributed by atoms with Crippen LogP contribution in [-0.4, -0.2) is 26.4 Å². The van der Waals surface area contributed by atoms with Crippen LogP contribution in [0, 0.1) is 0 Å². The predicted molar refractivity (Wildman–Crippen MR) is 66.6 cm³/mol. The summed E-state index contributed by atoms with van der Waals surface area (Å²) in [5.41, 5.74) is 5.83. The minimum atomic E-state index is -3.27. The lowest BCUT2D eigenvalue weighted by Gasteiger charge is -2.02. The van der Waals surface area contributed by atoms with E-state index in [2.05, 4.69) is 4.99 Å². The van der Waals surface area contributed by atoms with Crippen LogP contribution in [-0.2, 0) is 9.84 Å². The van der Waals surface area contributed by atoms with Gasteiger partial charge in [-0.1, -0.05) is 11.6 Å². The number of nitrogens with two attached hydrogens (primary N) is 1. The van der Waals surface area contributed by atoms with Gasteiger partial charge in [0.05, 0.1) is 21.5 Å². The van der Waals surface area contributed by atoms with Crippen LogP contribution in [0.2, 0.25) is 5.02 Å². The normalized spacial score (nSPS) is 12.8. The SMILES string of the molecule is CS(=O)(=O)c1ccc(N=C(N)CCl)c(Cl)c1. The fourth-order valence-electron chi connectivity index (χ4n) is 0.994. The second kappa shape index (κ2) is 5.03. The Balaban J connectivity index is 3.21. The first-order chi connectivity index (χ1) is 7.34. The fraction of sp³-hybridized carbons (Fsp3) is 0.222. The Morgan fingerprint density at radius 3 is 2.56 bits per heavy atom. The molecular weight excluding hydrogens is 271 g/mol. The van der Waals surface area contributed by atoms with E-state index in [4.69, 9.17) is 28.9 Å². The number of amidine groups is 1. The second-order valence-electron chi connectivity index (χ2n) is 3.12. The Hall–Kier alpha value is -0.780. The van der Waals surface area contributed by atoms with E-state index in [1.54, 1.807) is 0 Å². The molecular formula is C9H10Cl2N2O2S. The van der Waals surface area contributed by atoms with E-state index < -0.39 is 9.84 Å². The van der Waals surface area contributed by atoms with E-state index in [0.29, 0.717) is 5.69 Å². The van der Waals surface area contributed by atoms with Gasteiger partial charge < -0.3 is 5.73 Å². The van der Waals surface area contributed by atoms with Gasteiger partial charge in [-0.3, -0.25) is 0 Å². The van der Waals surface area contributed by atoms with Crippen LogP contribution >= 0.6 is 23.2 Å². The summed E-state index contributed by atoms with van der Waals surface area (Å²) >= 11 is 11.3. The van der Waals surface area contributed by atoms with E-state index in [9.17, 15) is 8.42 Å². The van der Waals surface area contributed by atoms with Crippen LogP contribution in [0.1, 0.15) is 0 Å². The number of benzene rings is 1. The van der Waals surface area contributed by atoms with Crippen LogP contribution < -0.4 is 5.73 Å². The number of alkyl halides is 1. The van der Waals surface area contributed by atoms with Gasteiger partial charge >= 0.3 is 0 Å². The van der Waals surface area contributed by atoms with E-state index in [1.807, 2.05) is 0 Å². The van der Waals surface area contributed by atoms with Crippen LogP contribution in [0.15, 0.2) is 28.1 Å². The predicted octanol–water partition coefficient (Wildman–Crippen LogP) is 1.97. The lowest BCUT2D eigenvalue weighted by Crippen LogP contribution is -2.12. The third kappa shape index (κ3) is 3.37. The molecule has 1 aromatic carbocycles. The summed E-state index contributed by atoms with van der Waals surface area (Å²) in [5.74, 6) is 0.306. The molecule has 0 heterocycles. The van der Waals surface area contributed by atoms with Crippen LogP contribution in [0.25, 0.3) is 0 Å². The van der Waals surface area contributed by atoms with Crippen LogP contribution in [0.4, 0.5) is 5.69 Å². The first-order valence-electron chi connectivity index (χ1n) is 4.23. The van der Waals surface area contributed by atoms with Gasteiger partial charge in [-0.25, -0.2) is 13.4 Å².